The summed E-state index contributed by atoms with van der Waals surface area (Å²) in [5.74, 6) is -0.641. The summed E-state index contributed by atoms with van der Waals surface area (Å²) in [5.41, 5.74) is -0.487. The van der Waals surface area contributed by atoms with Crippen molar-refractivity contribution >= 4 is 21.6 Å². The van der Waals surface area contributed by atoms with Gasteiger partial charge in [-0.1, -0.05) is 0 Å². The topological polar surface area (TPSA) is 56.3 Å². The van der Waals surface area contributed by atoms with Crippen molar-refractivity contribution in [3.05, 3.63) is 50.9 Å². The van der Waals surface area contributed by atoms with Crippen LogP contribution in [0.25, 0.3) is 11.3 Å². The third-order valence-corrected chi connectivity index (χ3v) is 2.69. The van der Waals surface area contributed by atoms with Gasteiger partial charge >= 0.3 is 5.69 Å². The zero-order chi connectivity index (χ0) is 11.7. The van der Waals surface area contributed by atoms with Gasteiger partial charge in [0.15, 0.2) is 0 Å². The number of nitrogens with zero attached hydrogens (tertiary/aromatic N) is 1. The highest BCUT2D eigenvalue weighted by atomic mass is 79.9. The van der Waals surface area contributed by atoms with E-state index in [0.29, 0.717) is 4.47 Å². The van der Waals surface area contributed by atoms with Crippen LogP contribution in [-0.2, 0) is 0 Å². The molecule has 0 aliphatic rings. The molecule has 82 valence electrons. The normalized spacial score (nSPS) is 10.4. The predicted octanol–water partition coefficient (Wildman–Crippen LogP) is 3.76. The molecule has 0 radical (unpaired) electrons. The molecule has 0 fully saturated rings. The molecule has 2 aromatic rings. The van der Waals surface area contributed by atoms with Crippen LogP contribution in [0.3, 0.4) is 0 Å². The average molecular weight is 286 g/mol. The summed E-state index contributed by atoms with van der Waals surface area (Å²) >= 11 is 3.14. The zero-order valence-electron chi connectivity index (χ0n) is 7.81. The molecule has 0 atom stereocenters. The molecule has 0 N–H and O–H groups in total. The summed E-state index contributed by atoms with van der Waals surface area (Å²) in [6.07, 6.45) is 1.37. The molecule has 1 aromatic heterocycles. The molecule has 0 amide bonds. The molecule has 4 nitrogen and oxygen atoms in total. The number of hydrogen-bond donors (Lipinski definition) is 0. The first-order valence-electron chi connectivity index (χ1n) is 4.27. The number of furan rings is 1. The Balaban J connectivity index is 2.76. The van der Waals surface area contributed by atoms with Gasteiger partial charge in [0.05, 0.1) is 11.2 Å². The third kappa shape index (κ3) is 1.71. The molecule has 2 rings (SSSR count). The quantitative estimate of drug-likeness (QED) is 0.624. The summed E-state index contributed by atoms with van der Waals surface area (Å²) in [7, 11) is 0. The molecule has 0 spiro atoms. The van der Waals surface area contributed by atoms with Crippen LogP contribution in [0.15, 0.2) is 39.4 Å². The molecular formula is C10H5BrFNO3. The van der Waals surface area contributed by atoms with Crippen molar-refractivity contribution in [1.29, 1.82) is 0 Å². The van der Waals surface area contributed by atoms with Crippen molar-refractivity contribution in [2.45, 2.75) is 0 Å². The van der Waals surface area contributed by atoms with Crippen LogP contribution in [0, 0.1) is 15.9 Å². The summed E-state index contributed by atoms with van der Waals surface area (Å²) in [5, 5.41) is 10.8. The van der Waals surface area contributed by atoms with Crippen LogP contribution in [0.1, 0.15) is 0 Å². The lowest BCUT2D eigenvalue weighted by molar-refractivity contribution is -0.386. The minimum absolute atomic E-state index is 0.106. The molecule has 0 aliphatic carbocycles. The number of rotatable bonds is 2. The van der Waals surface area contributed by atoms with Gasteiger partial charge in [-0.05, 0) is 40.2 Å². The van der Waals surface area contributed by atoms with E-state index in [9.17, 15) is 14.5 Å². The van der Waals surface area contributed by atoms with Gasteiger partial charge in [0.25, 0.3) is 0 Å². The van der Waals surface area contributed by atoms with Gasteiger partial charge in [-0.15, -0.1) is 0 Å². The Morgan fingerprint density at radius 2 is 2.12 bits per heavy atom. The third-order valence-electron chi connectivity index (χ3n) is 2.03. The smallest absolute Gasteiger partial charge is 0.316 e. The SMILES string of the molecule is O=[N+]([O-])c1c(F)ccc(Br)c1-c1ccco1. The van der Waals surface area contributed by atoms with E-state index in [2.05, 4.69) is 15.9 Å². The van der Waals surface area contributed by atoms with Gasteiger partial charge in [-0.25, -0.2) is 0 Å². The van der Waals surface area contributed by atoms with Gasteiger partial charge in [-0.3, -0.25) is 10.1 Å². The van der Waals surface area contributed by atoms with Crippen molar-refractivity contribution in [3.8, 4) is 11.3 Å². The minimum atomic E-state index is -0.889. The lowest BCUT2D eigenvalue weighted by atomic mass is 10.1. The molecule has 0 unspecified atom stereocenters. The molecule has 16 heavy (non-hydrogen) atoms. The van der Waals surface area contributed by atoms with Gasteiger partial charge in [0.1, 0.15) is 11.3 Å². The summed E-state index contributed by atoms with van der Waals surface area (Å²) in [4.78, 5) is 10.0. The maximum absolute atomic E-state index is 13.4. The van der Waals surface area contributed by atoms with Gasteiger partial charge < -0.3 is 4.42 Å². The fourth-order valence-corrected chi connectivity index (χ4v) is 1.89. The first-order valence-corrected chi connectivity index (χ1v) is 5.07. The standard InChI is InChI=1S/C10H5BrFNO3/c11-6-3-4-7(12)10(13(14)15)9(6)8-2-1-5-16-8/h1-5H. The van der Waals surface area contributed by atoms with E-state index in [1.165, 1.54) is 18.4 Å². The number of halogens is 2. The van der Waals surface area contributed by atoms with E-state index in [1.807, 2.05) is 0 Å². The van der Waals surface area contributed by atoms with Crippen LogP contribution in [0.2, 0.25) is 0 Å². The van der Waals surface area contributed by atoms with E-state index >= 15 is 0 Å². The maximum Gasteiger partial charge on any atom is 0.316 e. The fraction of sp³-hybridized carbons (Fsp3) is 0. The number of benzene rings is 1. The molecular weight excluding hydrogens is 281 g/mol. The lowest BCUT2D eigenvalue weighted by Gasteiger charge is -2.03. The maximum atomic E-state index is 13.4. The summed E-state index contributed by atoms with van der Waals surface area (Å²) in [6, 6.07) is 5.55. The lowest BCUT2D eigenvalue weighted by Crippen LogP contribution is -1.96. The Hall–Kier alpha value is -1.69. The Morgan fingerprint density at radius 3 is 2.69 bits per heavy atom. The first kappa shape index (κ1) is 10.8. The highest BCUT2D eigenvalue weighted by Crippen LogP contribution is 2.38. The van der Waals surface area contributed by atoms with E-state index in [4.69, 9.17) is 4.42 Å². The highest BCUT2D eigenvalue weighted by molar-refractivity contribution is 9.10. The second-order valence-electron chi connectivity index (χ2n) is 2.99. The molecule has 1 aromatic carbocycles. The van der Waals surface area contributed by atoms with Crippen LogP contribution in [-0.4, -0.2) is 4.92 Å². The minimum Gasteiger partial charge on any atom is -0.464 e. The molecule has 0 saturated carbocycles. The van der Waals surface area contributed by atoms with E-state index in [-0.39, 0.29) is 11.3 Å². The van der Waals surface area contributed by atoms with Gasteiger partial charge in [0, 0.05) is 4.47 Å². The van der Waals surface area contributed by atoms with Gasteiger partial charge in [0.2, 0.25) is 5.82 Å². The second kappa shape index (κ2) is 4.05. The average Bonchev–Trinajstić information content (AvgIpc) is 2.73. The fourth-order valence-electron chi connectivity index (χ4n) is 1.37. The van der Waals surface area contributed by atoms with Crippen LogP contribution >= 0.6 is 15.9 Å². The van der Waals surface area contributed by atoms with Crippen molar-refractivity contribution < 1.29 is 13.7 Å². The van der Waals surface area contributed by atoms with E-state index in [1.54, 1.807) is 6.07 Å². The predicted molar refractivity (Wildman–Crippen MR) is 58.5 cm³/mol. The Kier molecular flexibility index (Phi) is 2.74. The highest BCUT2D eigenvalue weighted by Gasteiger charge is 2.25. The van der Waals surface area contributed by atoms with Crippen LogP contribution < -0.4 is 0 Å². The Labute approximate surface area is 98.0 Å². The number of nitro benzene ring substituents is 1. The molecule has 6 heteroatoms. The van der Waals surface area contributed by atoms with Crippen molar-refractivity contribution in [1.82, 2.24) is 0 Å². The van der Waals surface area contributed by atoms with Crippen molar-refractivity contribution in [2.75, 3.05) is 0 Å². The Morgan fingerprint density at radius 1 is 1.38 bits per heavy atom. The van der Waals surface area contributed by atoms with Crippen molar-refractivity contribution in [2.24, 2.45) is 0 Å². The largest absolute Gasteiger partial charge is 0.464 e. The molecule has 0 saturated heterocycles. The molecule has 0 aliphatic heterocycles. The number of hydrogen-bond acceptors (Lipinski definition) is 3. The van der Waals surface area contributed by atoms with Gasteiger partial charge in [-0.2, -0.15) is 4.39 Å². The summed E-state index contributed by atoms with van der Waals surface area (Å²) in [6.45, 7) is 0. The zero-order valence-corrected chi connectivity index (χ0v) is 9.40. The van der Waals surface area contributed by atoms with Crippen LogP contribution in [0.4, 0.5) is 10.1 Å². The van der Waals surface area contributed by atoms with E-state index < -0.39 is 16.4 Å². The second-order valence-corrected chi connectivity index (χ2v) is 3.84. The number of nitro groups is 1. The van der Waals surface area contributed by atoms with Crippen LogP contribution in [0.5, 0.6) is 0 Å². The van der Waals surface area contributed by atoms with Crippen molar-refractivity contribution in [3.63, 3.8) is 0 Å². The molecule has 0 bridgehead atoms. The first-order chi connectivity index (χ1) is 7.61. The van der Waals surface area contributed by atoms with E-state index in [0.717, 1.165) is 6.07 Å². The Bertz CT molecular complexity index is 539. The monoisotopic (exact) mass is 285 g/mol. The molecule has 1 heterocycles. The summed E-state index contributed by atoms with van der Waals surface area (Å²) < 4.78 is 18.8.